The number of halogens is 1. The molecule has 17 heavy (non-hydrogen) atoms. The number of rotatable bonds is 6. The van der Waals surface area contributed by atoms with Crippen LogP contribution in [-0.2, 0) is 9.84 Å². The van der Waals surface area contributed by atoms with Gasteiger partial charge in [-0.1, -0.05) is 18.2 Å². The van der Waals surface area contributed by atoms with Crippen LogP contribution < -0.4 is 5.32 Å². The highest BCUT2D eigenvalue weighted by Gasteiger charge is 2.10. The summed E-state index contributed by atoms with van der Waals surface area (Å²) in [4.78, 5) is 11.6. The minimum absolute atomic E-state index is 0.0598. The van der Waals surface area contributed by atoms with Crippen molar-refractivity contribution in [1.29, 1.82) is 0 Å². The van der Waals surface area contributed by atoms with Gasteiger partial charge in [0.25, 0.3) is 5.91 Å². The van der Waals surface area contributed by atoms with Crippen molar-refractivity contribution in [2.75, 3.05) is 23.9 Å². The summed E-state index contributed by atoms with van der Waals surface area (Å²) in [6.07, 6.45) is 0. The number of alkyl halides is 1. The van der Waals surface area contributed by atoms with Crippen molar-refractivity contribution in [3.63, 3.8) is 0 Å². The van der Waals surface area contributed by atoms with E-state index in [2.05, 4.69) is 5.32 Å². The molecule has 0 aromatic heterocycles. The molecule has 1 rings (SSSR count). The zero-order valence-corrected chi connectivity index (χ0v) is 10.8. The highest BCUT2D eigenvalue weighted by molar-refractivity contribution is 7.91. The van der Waals surface area contributed by atoms with Crippen LogP contribution in [0.5, 0.6) is 0 Å². The molecule has 0 aliphatic rings. The van der Waals surface area contributed by atoms with Crippen LogP contribution in [0, 0.1) is 0 Å². The molecule has 6 heteroatoms. The third-order valence-electron chi connectivity index (χ3n) is 2.12. The van der Waals surface area contributed by atoms with Crippen molar-refractivity contribution in [3.05, 3.63) is 35.9 Å². The van der Waals surface area contributed by atoms with E-state index < -0.39 is 9.84 Å². The Morgan fingerprint density at radius 3 is 2.41 bits per heavy atom. The lowest BCUT2D eigenvalue weighted by Crippen LogP contribution is -2.30. The van der Waals surface area contributed by atoms with Gasteiger partial charge in [0.15, 0.2) is 9.84 Å². The molecule has 0 aliphatic carbocycles. The van der Waals surface area contributed by atoms with Crippen molar-refractivity contribution >= 4 is 27.3 Å². The zero-order chi connectivity index (χ0) is 12.7. The summed E-state index contributed by atoms with van der Waals surface area (Å²) in [6, 6.07) is 8.64. The molecule has 0 fully saturated rings. The van der Waals surface area contributed by atoms with Gasteiger partial charge in [0.05, 0.1) is 11.5 Å². The average molecular weight is 276 g/mol. The van der Waals surface area contributed by atoms with Gasteiger partial charge in [0, 0.05) is 18.0 Å². The minimum atomic E-state index is -3.16. The van der Waals surface area contributed by atoms with E-state index in [1.807, 2.05) is 6.07 Å². The van der Waals surface area contributed by atoms with Gasteiger partial charge in [0.1, 0.15) is 0 Å². The Morgan fingerprint density at radius 1 is 1.18 bits per heavy atom. The molecule has 94 valence electrons. The van der Waals surface area contributed by atoms with Crippen LogP contribution in [0.25, 0.3) is 0 Å². The molecule has 1 N–H and O–H groups in total. The number of amides is 1. The van der Waals surface area contributed by atoms with E-state index in [0.29, 0.717) is 5.56 Å². The second kappa shape index (κ2) is 6.61. The van der Waals surface area contributed by atoms with Crippen LogP contribution in [0.3, 0.4) is 0 Å². The van der Waals surface area contributed by atoms with Gasteiger partial charge < -0.3 is 5.32 Å². The number of nitrogens with one attached hydrogen (secondary N) is 1. The quantitative estimate of drug-likeness (QED) is 0.790. The summed E-state index contributed by atoms with van der Waals surface area (Å²) in [5, 5.41) is 2.55. The van der Waals surface area contributed by atoms with E-state index >= 15 is 0 Å². The fourth-order valence-corrected chi connectivity index (χ4v) is 2.79. The van der Waals surface area contributed by atoms with Crippen molar-refractivity contribution in [2.45, 2.75) is 0 Å². The van der Waals surface area contributed by atoms with Gasteiger partial charge in [-0.3, -0.25) is 4.79 Å². The summed E-state index contributed by atoms with van der Waals surface area (Å²) in [7, 11) is -3.16. The first-order valence-corrected chi connectivity index (χ1v) is 7.50. The molecule has 0 aliphatic heterocycles. The summed E-state index contributed by atoms with van der Waals surface area (Å²) < 4.78 is 22.6. The molecule has 0 bridgehead atoms. The van der Waals surface area contributed by atoms with E-state index in [-0.39, 0.29) is 29.8 Å². The van der Waals surface area contributed by atoms with E-state index in [9.17, 15) is 13.2 Å². The Hall–Kier alpha value is -1.07. The summed E-state index contributed by atoms with van der Waals surface area (Å²) >= 11 is 5.36. The van der Waals surface area contributed by atoms with Crippen LogP contribution in [0.1, 0.15) is 10.4 Å². The number of sulfone groups is 1. The summed E-state index contributed by atoms with van der Waals surface area (Å²) in [5.41, 5.74) is 0.516. The summed E-state index contributed by atoms with van der Waals surface area (Å²) in [5.74, 6) is -0.338. The third kappa shape index (κ3) is 5.19. The molecule has 0 saturated heterocycles. The molecule has 0 spiro atoms. The Morgan fingerprint density at radius 2 is 1.82 bits per heavy atom. The summed E-state index contributed by atoms with van der Waals surface area (Å²) in [6.45, 7) is 0.104. The van der Waals surface area contributed by atoms with Crippen molar-refractivity contribution in [2.24, 2.45) is 0 Å². The molecule has 1 aromatic rings. The predicted octanol–water partition coefficient (Wildman–Crippen LogP) is 1.07. The van der Waals surface area contributed by atoms with Gasteiger partial charge >= 0.3 is 0 Å². The lowest BCUT2D eigenvalue weighted by Gasteiger charge is -2.05. The largest absolute Gasteiger partial charge is 0.351 e. The highest BCUT2D eigenvalue weighted by atomic mass is 35.5. The lowest BCUT2D eigenvalue weighted by atomic mass is 10.2. The normalized spacial score (nSPS) is 11.1. The zero-order valence-electron chi connectivity index (χ0n) is 9.23. The number of carbonyl (C=O) groups is 1. The highest BCUT2D eigenvalue weighted by Crippen LogP contribution is 1.98. The van der Waals surface area contributed by atoms with Gasteiger partial charge in [-0.25, -0.2) is 8.42 Å². The van der Waals surface area contributed by atoms with Gasteiger partial charge in [0.2, 0.25) is 0 Å². The lowest BCUT2D eigenvalue weighted by molar-refractivity contribution is 0.0956. The first-order valence-electron chi connectivity index (χ1n) is 5.15. The molecular weight excluding hydrogens is 262 g/mol. The molecule has 1 aromatic carbocycles. The third-order valence-corrected chi connectivity index (χ3v) is 4.19. The van der Waals surface area contributed by atoms with Crippen LogP contribution in [0.15, 0.2) is 30.3 Å². The first kappa shape index (κ1) is 14.0. The number of carbonyl (C=O) groups excluding carboxylic acids is 1. The Bertz CT molecular complexity index is 459. The average Bonchev–Trinajstić information content (AvgIpc) is 2.29. The molecule has 0 radical (unpaired) electrons. The first-order chi connectivity index (χ1) is 8.05. The van der Waals surface area contributed by atoms with Crippen LogP contribution in [0.2, 0.25) is 0 Å². The molecule has 0 saturated carbocycles. The molecular formula is C11H14ClNO3S. The minimum Gasteiger partial charge on any atom is -0.351 e. The smallest absolute Gasteiger partial charge is 0.251 e. The molecule has 0 atom stereocenters. The Labute approximate surface area is 106 Å². The Balaban J connectivity index is 2.40. The van der Waals surface area contributed by atoms with Gasteiger partial charge in [-0.15, -0.1) is 11.6 Å². The number of hydrogen-bond donors (Lipinski definition) is 1. The Kier molecular flexibility index (Phi) is 5.44. The SMILES string of the molecule is O=C(NCCS(=O)(=O)CCCl)c1ccccc1. The fourth-order valence-electron chi connectivity index (χ4n) is 1.23. The monoisotopic (exact) mass is 275 g/mol. The van der Waals surface area contributed by atoms with E-state index in [0.717, 1.165) is 0 Å². The number of benzene rings is 1. The van der Waals surface area contributed by atoms with E-state index in [4.69, 9.17) is 11.6 Å². The maximum Gasteiger partial charge on any atom is 0.251 e. The molecule has 4 nitrogen and oxygen atoms in total. The molecule has 1 amide bonds. The van der Waals surface area contributed by atoms with Gasteiger partial charge in [-0.05, 0) is 12.1 Å². The van der Waals surface area contributed by atoms with Crippen molar-refractivity contribution in [3.8, 4) is 0 Å². The molecule has 0 unspecified atom stereocenters. The molecule has 0 heterocycles. The fraction of sp³-hybridized carbons (Fsp3) is 0.364. The predicted molar refractivity (Wildman–Crippen MR) is 68.1 cm³/mol. The second-order valence-corrected chi connectivity index (χ2v) is 6.14. The van der Waals surface area contributed by atoms with Crippen molar-refractivity contribution in [1.82, 2.24) is 5.32 Å². The van der Waals surface area contributed by atoms with Crippen LogP contribution in [0.4, 0.5) is 0 Å². The maximum absolute atomic E-state index is 11.6. The number of hydrogen-bond acceptors (Lipinski definition) is 3. The van der Waals surface area contributed by atoms with Crippen LogP contribution in [-0.4, -0.2) is 38.3 Å². The van der Waals surface area contributed by atoms with Crippen LogP contribution >= 0.6 is 11.6 Å². The van der Waals surface area contributed by atoms with Gasteiger partial charge in [-0.2, -0.15) is 0 Å². The standard InChI is InChI=1S/C11H14ClNO3S/c12-6-8-17(15,16)9-7-13-11(14)10-4-2-1-3-5-10/h1-5H,6-9H2,(H,13,14). The van der Waals surface area contributed by atoms with E-state index in [1.165, 1.54) is 0 Å². The topological polar surface area (TPSA) is 63.2 Å². The van der Waals surface area contributed by atoms with Crippen molar-refractivity contribution < 1.29 is 13.2 Å². The maximum atomic E-state index is 11.6. The second-order valence-electron chi connectivity index (χ2n) is 3.46. The van der Waals surface area contributed by atoms with E-state index in [1.54, 1.807) is 24.3 Å².